The Balaban J connectivity index is 1.30. The maximum atomic E-state index is 12.7. The minimum absolute atomic E-state index is 0.00545. The molecule has 4 rings (SSSR count). The minimum atomic E-state index is -0.330. The number of hydrazone groups is 1. The first-order chi connectivity index (χ1) is 16.6. The Hall–Kier alpha value is -4.26. The molecule has 7 heteroatoms. The maximum absolute atomic E-state index is 12.7. The third kappa shape index (κ3) is 5.95. The molecule has 0 fully saturated rings. The smallest absolute Gasteiger partial charge is 0.253 e. The Morgan fingerprint density at radius 1 is 0.824 bits per heavy atom. The molecular weight excluding hydrogens is 428 g/mol. The zero-order valence-corrected chi connectivity index (χ0v) is 18.7. The highest BCUT2D eigenvalue weighted by atomic mass is 16.2. The molecule has 3 aromatic carbocycles. The summed E-state index contributed by atoms with van der Waals surface area (Å²) in [6, 6.07) is 26.2. The lowest BCUT2D eigenvalue weighted by molar-refractivity contribution is -0.132. The molecule has 0 atom stereocenters. The van der Waals surface area contributed by atoms with Gasteiger partial charge in [-0.3, -0.25) is 14.4 Å². The summed E-state index contributed by atoms with van der Waals surface area (Å²) in [6.07, 6.45) is 0.735. The first-order valence-electron chi connectivity index (χ1n) is 11.2. The molecule has 3 aromatic rings. The Labute approximate surface area is 198 Å². The summed E-state index contributed by atoms with van der Waals surface area (Å²) in [5.41, 5.74) is 3.63. The van der Waals surface area contributed by atoms with Gasteiger partial charge in [0, 0.05) is 25.8 Å². The molecule has 1 aliphatic rings. The number of carbonyl (C=O) groups is 3. The first kappa shape index (κ1) is 22.9. The molecule has 0 saturated heterocycles. The average molecular weight is 455 g/mol. The monoisotopic (exact) mass is 454 g/mol. The van der Waals surface area contributed by atoms with E-state index in [1.54, 1.807) is 24.3 Å². The maximum Gasteiger partial charge on any atom is 0.253 e. The van der Waals surface area contributed by atoms with Crippen LogP contribution in [0.15, 0.2) is 90.0 Å². The highest BCUT2D eigenvalue weighted by molar-refractivity contribution is 6.04. The van der Waals surface area contributed by atoms with Crippen LogP contribution in [0, 0.1) is 0 Å². The topological polar surface area (TPSA) is 90.9 Å². The number of para-hydroxylation sites is 1. The van der Waals surface area contributed by atoms with E-state index in [0.29, 0.717) is 30.8 Å². The van der Waals surface area contributed by atoms with Crippen molar-refractivity contribution in [2.45, 2.75) is 25.8 Å². The van der Waals surface area contributed by atoms with E-state index >= 15 is 0 Å². The zero-order valence-electron chi connectivity index (χ0n) is 18.7. The number of hydrogen-bond donors (Lipinski definition) is 2. The second-order valence-electron chi connectivity index (χ2n) is 7.94. The van der Waals surface area contributed by atoms with Gasteiger partial charge < -0.3 is 10.6 Å². The summed E-state index contributed by atoms with van der Waals surface area (Å²) in [4.78, 5) is 37.7. The molecule has 1 aliphatic heterocycles. The lowest BCUT2D eigenvalue weighted by Crippen LogP contribution is -2.26. The predicted octanol–water partition coefficient (Wildman–Crippen LogP) is 3.97. The lowest BCUT2D eigenvalue weighted by Gasteiger charge is -2.13. The quantitative estimate of drug-likeness (QED) is 0.540. The summed E-state index contributed by atoms with van der Waals surface area (Å²) in [5.74, 6) is -0.811. The fraction of sp³-hybridized carbons (Fsp3) is 0.185. The second kappa shape index (κ2) is 11.0. The summed E-state index contributed by atoms with van der Waals surface area (Å²) >= 11 is 0. The molecule has 0 saturated carbocycles. The van der Waals surface area contributed by atoms with E-state index < -0.39 is 0 Å². The minimum Gasteiger partial charge on any atom is -0.348 e. The van der Waals surface area contributed by atoms with Gasteiger partial charge in [-0.05, 0) is 23.3 Å². The normalized spacial score (nSPS) is 12.7. The average Bonchev–Trinajstić information content (AvgIpc) is 3.38. The van der Waals surface area contributed by atoms with Crippen molar-refractivity contribution in [1.29, 1.82) is 0 Å². The Kier molecular flexibility index (Phi) is 7.45. The van der Waals surface area contributed by atoms with Gasteiger partial charge in [0.25, 0.3) is 5.91 Å². The molecule has 0 unspecified atom stereocenters. The van der Waals surface area contributed by atoms with Gasteiger partial charge in [0.1, 0.15) is 0 Å². The highest BCUT2D eigenvalue weighted by Gasteiger charge is 2.22. The van der Waals surface area contributed by atoms with E-state index in [-0.39, 0.29) is 30.6 Å². The largest absolute Gasteiger partial charge is 0.348 e. The fourth-order valence-corrected chi connectivity index (χ4v) is 3.70. The molecule has 34 heavy (non-hydrogen) atoms. The number of carbonyl (C=O) groups excluding carboxylic acids is 3. The molecule has 7 nitrogen and oxygen atoms in total. The Bertz CT molecular complexity index is 1190. The predicted molar refractivity (Wildman–Crippen MR) is 131 cm³/mol. The molecule has 2 N–H and O–H groups in total. The number of hydrogen-bond acceptors (Lipinski definition) is 4. The van der Waals surface area contributed by atoms with Crippen molar-refractivity contribution in [3.63, 3.8) is 0 Å². The molecule has 0 aliphatic carbocycles. The zero-order chi connectivity index (χ0) is 23.8. The molecule has 1 heterocycles. The van der Waals surface area contributed by atoms with Crippen LogP contribution in [-0.2, 0) is 16.1 Å². The third-order valence-electron chi connectivity index (χ3n) is 5.50. The fourth-order valence-electron chi connectivity index (χ4n) is 3.70. The van der Waals surface area contributed by atoms with E-state index in [9.17, 15) is 14.4 Å². The van der Waals surface area contributed by atoms with E-state index in [4.69, 9.17) is 0 Å². The van der Waals surface area contributed by atoms with E-state index in [0.717, 1.165) is 16.8 Å². The third-order valence-corrected chi connectivity index (χ3v) is 5.50. The molecule has 172 valence electrons. The number of benzene rings is 3. The number of rotatable bonds is 8. The van der Waals surface area contributed by atoms with Gasteiger partial charge in [-0.25, -0.2) is 5.01 Å². The number of nitrogens with zero attached hydrogens (tertiary/aromatic N) is 2. The van der Waals surface area contributed by atoms with Crippen molar-refractivity contribution in [2.75, 3.05) is 11.9 Å². The van der Waals surface area contributed by atoms with Gasteiger partial charge in [-0.2, -0.15) is 5.10 Å². The van der Waals surface area contributed by atoms with E-state index in [1.807, 2.05) is 60.7 Å². The standard InChI is InChI=1S/C27H26N4O3/c32-25(15-16-26(33)31-18-17-23(30-31)21-11-5-2-6-12-21)29-24-14-8-7-13-22(24)27(34)28-19-20-9-3-1-4-10-20/h1-14H,15-19H2,(H,28,34)(H,29,32). The number of nitrogens with one attached hydrogen (secondary N) is 2. The van der Waals surface area contributed by atoms with Crippen molar-refractivity contribution in [2.24, 2.45) is 5.10 Å². The van der Waals surface area contributed by atoms with Crippen molar-refractivity contribution >= 4 is 29.1 Å². The van der Waals surface area contributed by atoms with Crippen molar-refractivity contribution in [1.82, 2.24) is 10.3 Å². The summed E-state index contributed by atoms with van der Waals surface area (Å²) in [5, 5.41) is 11.5. The van der Waals surface area contributed by atoms with Crippen molar-refractivity contribution < 1.29 is 14.4 Å². The molecule has 0 radical (unpaired) electrons. The van der Waals surface area contributed by atoms with Crippen LogP contribution in [0.25, 0.3) is 0 Å². The molecule has 0 spiro atoms. The van der Waals surface area contributed by atoms with Crippen LogP contribution in [0.5, 0.6) is 0 Å². The van der Waals surface area contributed by atoms with Crippen LogP contribution in [-0.4, -0.2) is 35.0 Å². The van der Waals surface area contributed by atoms with Gasteiger partial charge in [-0.15, -0.1) is 0 Å². The molecular formula is C27H26N4O3. The second-order valence-corrected chi connectivity index (χ2v) is 7.94. The Morgan fingerprint density at radius 2 is 1.50 bits per heavy atom. The van der Waals surface area contributed by atoms with Gasteiger partial charge >= 0.3 is 0 Å². The van der Waals surface area contributed by atoms with Crippen LogP contribution >= 0.6 is 0 Å². The van der Waals surface area contributed by atoms with Crippen molar-refractivity contribution in [3.8, 4) is 0 Å². The number of amides is 3. The van der Waals surface area contributed by atoms with Gasteiger partial charge in [0.15, 0.2) is 0 Å². The van der Waals surface area contributed by atoms with Crippen LogP contribution in [0.2, 0.25) is 0 Å². The molecule has 3 amide bonds. The number of anilines is 1. The van der Waals surface area contributed by atoms with Gasteiger partial charge in [0.2, 0.25) is 11.8 Å². The van der Waals surface area contributed by atoms with Crippen LogP contribution in [0.4, 0.5) is 5.69 Å². The lowest BCUT2D eigenvalue weighted by atomic mass is 10.1. The van der Waals surface area contributed by atoms with Gasteiger partial charge in [0.05, 0.1) is 23.5 Å². The summed E-state index contributed by atoms with van der Waals surface area (Å²) in [7, 11) is 0. The van der Waals surface area contributed by atoms with Gasteiger partial charge in [-0.1, -0.05) is 72.8 Å². The van der Waals surface area contributed by atoms with E-state index in [2.05, 4.69) is 15.7 Å². The summed E-state index contributed by atoms with van der Waals surface area (Å²) < 4.78 is 0. The van der Waals surface area contributed by atoms with Crippen LogP contribution < -0.4 is 10.6 Å². The molecule has 0 bridgehead atoms. The highest BCUT2D eigenvalue weighted by Crippen LogP contribution is 2.17. The SMILES string of the molecule is O=C(CCC(=O)N1CCC(c2ccccc2)=N1)Nc1ccccc1C(=O)NCc1ccccc1. The first-order valence-corrected chi connectivity index (χ1v) is 11.2. The van der Waals surface area contributed by atoms with Crippen molar-refractivity contribution in [3.05, 3.63) is 102 Å². The van der Waals surface area contributed by atoms with E-state index in [1.165, 1.54) is 5.01 Å². The van der Waals surface area contributed by atoms with Crippen LogP contribution in [0.1, 0.15) is 40.7 Å². The molecule has 0 aromatic heterocycles. The Morgan fingerprint density at radius 3 is 2.26 bits per heavy atom. The summed E-state index contributed by atoms with van der Waals surface area (Å²) in [6.45, 7) is 0.896. The van der Waals surface area contributed by atoms with Crippen LogP contribution in [0.3, 0.4) is 0 Å².